The first-order valence-corrected chi connectivity index (χ1v) is 7.37. The number of thioether (sulfide) groups is 1. The molecule has 19 heavy (non-hydrogen) atoms. The number of nitrogens with one attached hydrogen (secondary N) is 1. The average Bonchev–Trinajstić information content (AvgIpc) is 2.42. The second-order valence-corrected chi connectivity index (χ2v) is 5.32. The molecule has 0 saturated heterocycles. The second kappa shape index (κ2) is 8.90. The van der Waals surface area contributed by atoms with Crippen molar-refractivity contribution in [1.82, 2.24) is 5.32 Å². The first-order valence-electron chi connectivity index (χ1n) is 6.38. The number of rotatable bonds is 9. The summed E-state index contributed by atoms with van der Waals surface area (Å²) < 4.78 is 0. The van der Waals surface area contributed by atoms with Gasteiger partial charge in [0, 0.05) is 35.4 Å². The number of hydrogen-bond donors (Lipinski definition) is 2. The molecule has 0 bridgehead atoms. The van der Waals surface area contributed by atoms with Gasteiger partial charge in [-0.1, -0.05) is 6.92 Å². The first kappa shape index (κ1) is 15.9. The van der Waals surface area contributed by atoms with Crippen LogP contribution in [0.1, 0.15) is 19.8 Å². The Labute approximate surface area is 117 Å². The molecule has 0 radical (unpaired) electrons. The third-order valence-corrected chi connectivity index (χ3v) is 3.83. The van der Waals surface area contributed by atoms with Gasteiger partial charge < -0.3 is 10.4 Å². The maximum atomic E-state index is 10.5. The van der Waals surface area contributed by atoms with E-state index in [1.54, 1.807) is 23.9 Å². The van der Waals surface area contributed by atoms with Gasteiger partial charge in [-0.05, 0) is 31.5 Å². The Morgan fingerprint density at radius 3 is 2.63 bits per heavy atom. The van der Waals surface area contributed by atoms with E-state index in [9.17, 15) is 10.1 Å². The summed E-state index contributed by atoms with van der Waals surface area (Å²) in [6, 6.07) is 6.83. The number of nitrogens with zero attached hydrogens (tertiary/aromatic N) is 1. The lowest BCUT2D eigenvalue weighted by molar-refractivity contribution is -0.384. The minimum Gasteiger partial charge on any atom is -0.396 e. The summed E-state index contributed by atoms with van der Waals surface area (Å²) in [5.41, 5.74) is 0.111. The highest BCUT2D eigenvalue weighted by Crippen LogP contribution is 2.22. The molecule has 0 aromatic heterocycles. The molecule has 2 N–H and O–H groups in total. The van der Waals surface area contributed by atoms with Crippen molar-refractivity contribution in [1.29, 1.82) is 0 Å². The van der Waals surface area contributed by atoms with Crippen molar-refractivity contribution in [3.63, 3.8) is 0 Å². The quantitative estimate of drug-likeness (QED) is 0.414. The molecule has 0 saturated carbocycles. The van der Waals surface area contributed by atoms with Crippen LogP contribution in [0.5, 0.6) is 0 Å². The highest BCUT2D eigenvalue weighted by molar-refractivity contribution is 7.99. The molecular formula is C13H20N2O3S. The van der Waals surface area contributed by atoms with Crippen LogP contribution in [0.2, 0.25) is 0 Å². The van der Waals surface area contributed by atoms with Crippen molar-refractivity contribution in [2.75, 3.05) is 18.9 Å². The summed E-state index contributed by atoms with van der Waals surface area (Å²) in [5, 5.41) is 22.9. The molecule has 0 spiro atoms. The van der Waals surface area contributed by atoms with E-state index in [1.807, 2.05) is 0 Å². The fourth-order valence-corrected chi connectivity index (χ4v) is 2.62. The zero-order valence-corrected chi connectivity index (χ0v) is 11.9. The fourth-order valence-electron chi connectivity index (χ4n) is 1.61. The number of nitro benzene ring substituents is 1. The van der Waals surface area contributed by atoms with Crippen molar-refractivity contribution >= 4 is 17.4 Å². The summed E-state index contributed by atoms with van der Waals surface area (Å²) in [6.07, 6.45) is 1.78. The number of aliphatic hydroxyl groups excluding tert-OH is 1. The molecule has 0 amide bonds. The van der Waals surface area contributed by atoms with E-state index in [4.69, 9.17) is 5.11 Å². The highest BCUT2D eigenvalue weighted by atomic mass is 32.2. The van der Waals surface area contributed by atoms with Crippen LogP contribution in [0.25, 0.3) is 0 Å². The van der Waals surface area contributed by atoms with E-state index < -0.39 is 4.92 Å². The summed E-state index contributed by atoms with van der Waals surface area (Å²) in [4.78, 5) is 11.2. The summed E-state index contributed by atoms with van der Waals surface area (Å²) >= 11 is 1.64. The van der Waals surface area contributed by atoms with E-state index in [2.05, 4.69) is 12.2 Å². The molecular weight excluding hydrogens is 264 g/mol. The lowest BCUT2D eigenvalue weighted by atomic mass is 10.2. The molecule has 5 nitrogen and oxygen atoms in total. The minimum absolute atomic E-state index is 0.111. The van der Waals surface area contributed by atoms with Crippen LogP contribution < -0.4 is 5.32 Å². The van der Waals surface area contributed by atoms with Crippen molar-refractivity contribution in [2.45, 2.75) is 30.7 Å². The lowest BCUT2D eigenvalue weighted by Gasteiger charge is -2.16. The van der Waals surface area contributed by atoms with Crippen LogP contribution in [0.3, 0.4) is 0 Å². The van der Waals surface area contributed by atoms with E-state index >= 15 is 0 Å². The Morgan fingerprint density at radius 1 is 1.42 bits per heavy atom. The molecule has 106 valence electrons. The summed E-state index contributed by atoms with van der Waals surface area (Å²) in [7, 11) is 0. The van der Waals surface area contributed by atoms with Crippen LogP contribution in [-0.2, 0) is 0 Å². The monoisotopic (exact) mass is 284 g/mol. The molecule has 0 aliphatic heterocycles. The molecule has 0 aliphatic rings. The fraction of sp³-hybridized carbons (Fsp3) is 0.538. The van der Waals surface area contributed by atoms with Crippen molar-refractivity contribution < 1.29 is 10.0 Å². The van der Waals surface area contributed by atoms with Gasteiger partial charge in [-0.2, -0.15) is 0 Å². The molecule has 1 unspecified atom stereocenters. The smallest absolute Gasteiger partial charge is 0.269 e. The van der Waals surface area contributed by atoms with Gasteiger partial charge in [-0.3, -0.25) is 10.1 Å². The second-order valence-electron chi connectivity index (χ2n) is 4.23. The van der Waals surface area contributed by atoms with E-state index in [1.165, 1.54) is 12.1 Å². The molecule has 1 aromatic rings. The van der Waals surface area contributed by atoms with Gasteiger partial charge in [0.1, 0.15) is 0 Å². The van der Waals surface area contributed by atoms with Gasteiger partial charge in [-0.15, -0.1) is 11.8 Å². The van der Waals surface area contributed by atoms with Gasteiger partial charge in [-0.25, -0.2) is 0 Å². The number of aliphatic hydroxyl groups is 1. The molecule has 0 aliphatic carbocycles. The van der Waals surface area contributed by atoms with Crippen molar-refractivity contribution in [3.8, 4) is 0 Å². The van der Waals surface area contributed by atoms with E-state index in [-0.39, 0.29) is 18.3 Å². The summed E-state index contributed by atoms with van der Waals surface area (Å²) in [6.45, 7) is 3.21. The molecule has 1 atom stereocenters. The number of nitro groups is 1. The topological polar surface area (TPSA) is 75.4 Å². The number of benzene rings is 1. The third-order valence-electron chi connectivity index (χ3n) is 2.66. The van der Waals surface area contributed by atoms with Crippen LogP contribution in [0, 0.1) is 10.1 Å². The predicted octanol–water partition coefficient (Wildman–Crippen LogP) is 2.44. The molecule has 0 fully saturated rings. The van der Waals surface area contributed by atoms with E-state index in [0.717, 1.165) is 30.0 Å². The van der Waals surface area contributed by atoms with E-state index in [0.29, 0.717) is 0 Å². The molecule has 1 rings (SSSR count). The predicted molar refractivity (Wildman–Crippen MR) is 77.6 cm³/mol. The SMILES string of the molecule is CCCNC(CCO)CSc1ccc([N+](=O)[O-])cc1. The third kappa shape index (κ3) is 6.04. The standard InChI is InChI=1S/C13H20N2O3S/c1-2-8-14-11(7-9-16)10-19-13-5-3-12(4-6-13)15(17)18/h3-6,11,14,16H,2,7-10H2,1H3. The Kier molecular flexibility index (Phi) is 7.47. The molecule has 6 heteroatoms. The van der Waals surface area contributed by atoms with Gasteiger partial charge in [0.25, 0.3) is 5.69 Å². The Balaban J connectivity index is 2.46. The Hall–Kier alpha value is -1.11. The van der Waals surface area contributed by atoms with Gasteiger partial charge in [0.2, 0.25) is 0 Å². The maximum absolute atomic E-state index is 10.5. The largest absolute Gasteiger partial charge is 0.396 e. The van der Waals surface area contributed by atoms with Crippen molar-refractivity contribution in [2.24, 2.45) is 0 Å². The normalized spacial score (nSPS) is 12.3. The van der Waals surface area contributed by atoms with Gasteiger partial charge >= 0.3 is 0 Å². The number of hydrogen-bond acceptors (Lipinski definition) is 5. The lowest BCUT2D eigenvalue weighted by Crippen LogP contribution is -2.32. The maximum Gasteiger partial charge on any atom is 0.269 e. The zero-order chi connectivity index (χ0) is 14.1. The van der Waals surface area contributed by atoms with Crippen LogP contribution in [0.15, 0.2) is 29.2 Å². The van der Waals surface area contributed by atoms with Crippen LogP contribution >= 0.6 is 11.8 Å². The van der Waals surface area contributed by atoms with Gasteiger partial charge in [0.15, 0.2) is 0 Å². The first-order chi connectivity index (χ1) is 9.17. The average molecular weight is 284 g/mol. The van der Waals surface area contributed by atoms with Crippen LogP contribution in [-0.4, -0.2) is 35.0 Å². The Bertz CT molecular complexity index is 384. The molecule has 1 aromatic carbocycles. The van der Waals surface area contributed by atoms with Crippen LogP contribution in [0.4, 0.5) is 5.69 Å². The van der Waals surface area contributed by atoms with Crippen molar-refractivity contribution in [3.05, 3.63) is 34.4 Å². The Morgan fingerprint density at radius 2 is 2.11 bits per heavy atom. The number of non-ortho nitro benzene ring substituents is 1. The minimum atomic E-state index is -0.397. The van der Waals surface area contributed by atoms with Gasteiger partial charge in [0.05, 0.1) is 4.92 Å². The zero-order valence-electron chi connectivity index (χ0n) is 11.0. The molecule has 0 heterocycles. The summed E-state index contributed by atoms with van der Waals surface area (Å²) in [5.74, 6) is 0.846. The highest BCUT2D eigenvalue weighted by Gasteiger charge is 2.09.